The second-order valence-electron chi connectivity index (χ2n) is 6.33. The van der Waals surface area contributed by atoms with Gasteiger partial charge in [-0.25, -0.2) is 9.18 Å². The largest absolute Gasteiger partial charge is 0.497 e. The summed E-state index contributed by atoms with van der Waals surface area (Å²) in [5, 5.41) is 2.74. The second kappa shape index (κ2) is 10.0. The van der Waals surface area contributed by atoms with Gasteiger partial charge in [-0.3, -0.25) is 4.79 Å². The van der Waals surface area contributed by atoms with Crippen LogP contribution in [0.5, 0.6) is 5.75 Å². The summed E-state index contributed by atoms with van der Waals surface area (Å²) in [6, 6.07) is 21.2. The number of hydrogen-bond acceptors (Lipinski definition) is 4. The first-order chi connectivity index (χ1) is 14.5. The maximum atomic E-state index is 13.0. The number of esters is 1. The molecule has 0 spiro atoms. The summed E-state index contributed by atoms with van der Waals surface area (Å²) < 4.78 is 23.6. The van der Waals surface area contributed by atoms with Crippen LogP contribution in [-0.2, 0) is 14.3 Å². The normalized spacial score (nSPS) is 11.7. The molecule has 0 aliphatic carbocycles. The molecule has 3 aromatic carbocycles. The zero-order valence-corrected chi connectivity index (χ0v) is 16.2. The fraction of sp³-hybridized carbons (Fsp3) is 0.0833. The Morgan fingerprint density at radius 3 is 2.40 bits per heavy atom. The van der Waals surface area contributed by atoms with Crippen molar-refractivity contribution in [3.05, 3.63) is 102 Å². The zero-order valence-electron chi connectivity index (χ0n) is 16.2. The molecule has 1 amide bonds. The predicted molar refractivity (Wildman–Crippen MR) is 112 cm³/mol. The molecule has 3 aromatic rings. The Labute approximate surface area is 173 Å². The molecular formula is C24H20FNO4. The van der Waals surface area contributed by atoms with Crippen molar-refractivity contribution in [2.45, 2.75) is 6.10 Å². The van der Waals surface area contributed by atoms with E-state index in [1.165, 1.54) is 43.5 Å². The van der Waals surface area contributed by atoms with Gasteiger partial charge in [-0.15, -0.1) is 0 Å². The third-order valence-corrected chi connectivity index (χ3v) is 4.19. The minimum absolute atomic E-state index is 0.368. The number of carbonyl (C=O) groups is 2. The van der Waals surface area contributed by atoms with Crippen molar-refractivity contribution >= 4 is 23.6 Å². The summed E-state index contributed by atoms with van der Waals surface area (Å²) in [6.07, 6.45) is 1.54. The topological polar surface area (TPSA) is 64.6 Å². The average Bonchev–Trinajstić information content (AvgIpc) is 2.77. The summed E-state index contributed by atoms with van der Waals surface area (Å²) in [5.41, 5.74) is 1.67. The molecule has 5 nitrogen and oxygen atoms in total. The van der Waals surface area contributed by atoms with E-state index in [0.717, 1.165) is 0 Å². The number of amides is 1. The first-order valence-electron chi connectivity index (χ1n) is 9.19. The molecule has 0 radical (unpaired) electrons. The monoisotopic (exact) mass is 405 g/mol. The van der Waals surface area contributed by atoms with Crippen LogP contribution in [-0.4, -0.2) is 19.0 Å². The van der Waals surface area contributed by atoms with Crippen LogP contribution < -0.4 is 10.1 Å². The van der Waals surface area contributed by atoms with Gasteiger partial charge in [0.2, 0.25) is 6.10 Å². The Hall–Kier alpha value is -3.93. The minimum Gasteiger partial charge on any atom is -0.497 e. The van der Waals surface area contributed by atoms with Gasteiger partial charge in [0.15, 0.2) is 0 Å². The molecule has 0 aliphatic rings. The smallest absolute Gasteiger partial charge is 0.331 e. The number of nitrogens with one attached hydrogen (secondary N) is 1. The number of ether oxygens (including phenoxy) is 2. The van der Waals surface area contributed by atoms with Gasteiger partial charge in [0.05, 0.1) is 7.11 Å². The van der Waals surface area contributed by atoms with Crippen LogP contribution in [0.1, 0.15) is 17.2 Å². The summed E-state index contributed by atoms with van der Waals surface area (Å²) in [7, 11) is 1.53. The Morgan fingerprint density at radius 2 is 1.70 bits per heavy atom. The number of halogens is 1. The number of carbonyl (C=O) groups excluding carboxylic acids is 2. The summed E-state index contributed by atoms with van der Waals surface area (Å²) in [6.45, 7) is 0. The lowest BCUT2D eigenvalue weighted by Crippen LogP contribution is -2.25. The number of anilines is 1. The van der Waals surface area contributed by atoms with Crippen LogP contribution in [0.4, 0.5) is 10.1 Å². The van der Waals surface area contributed by atoms with E-state index in [2.05, 4.69) is 5.32 Å². The lowest BCUT2D eigenvalue weighted by atomic mass is 10.1. The quantitative estimate of drug-likeness (QED) is 0.454. The van der Waals surface area contributed by atoms with E-state index in [9.17, 15) is 14.0 Å². The molecule has 0 heterocycles. The van der Waals surface area contributed by atoms with E-state index in [-0.39, 0.29) is 5.82 Å². The Balaban J connectivity index is 1.76. The number of methoxy groups -OCH3 is 1. The van der Waals surface area contributed by atoms with Crippen LogP contribution in [0.3, 0.4) is 0 Å². The highest BCUT2D eigenvalue weighted by atomic mass is 19.1. The average molecular weight is 405 g/mol. The predicted octanol–water partition coefficient (Wildman–Crippen LogP) is 4.77. The molecule has 152 valence electrons. The minimum atomic E-state index is -1.15. The first-order valence-corrected chi connectivity index (χ1v) is 9.19. The van der Waals surface area contributed by atoms with Gasteiger partial charge in [-0.05, 0) is 35.9 Å². The van der Waals surface area contributed by atoms with Crippen LogP contribution in [0.25, 0.3) is 6.08 Å². The SMILES string of the molecule is COc1cccc(NC(=O)[C@@H](OC(=O)/C=C/c2ccc(F)cc2)c2ccccc2)c1. The molecule has 0 saturated carbocycles. The highest BCUT2D eigenvalue weighted by Crippen LogP contribution is 2.22. The highest BCUT2D eigenvalue weighted by Gasteiger charge is 2.24. The molecule has 0 aliphatic heterocycles. The Bertz CT molecular complexity index is 1030. The van der Waals surface area contributed by atoms with Crippen molar-refractivity contribution in [3.63, 3.8) is 0 Å². The molecule has 6 heteroatoms. The van der Waals surface area contributed by atoms with Crippen molar-refractivity contribution < 1.29 is 23.5 Å². The van der Waals surface area contributed by atoms with Crippen LogP contribution in [0.15, 0.2) is 84.9 Å². The fourth-order valence-electron chi connectivity index (χ4n) is 2.70. The summed E-state index contributed by atoms with van der Waals surface area (Å²) in [4.78, 5) is 25.2. The van der Waals surface area contributed by atoms with Gasteiger partial charge in [0.25, 0.3) is 5.91 Å². The van der Waals surface area contributed by atoms with Crippen molar-refractivity contribution in [2.24, 2.45) is 0 Å². The fourth-order valence-corrected chi connectivity index (χ4v) is 2.70. The molecule has 0 aromatic heterocycles. The van der Waals surface area contributed by atoms with Crippen LogP contribution in [0, 0.1) is 5.82 Å². The number of hydrogen-bond donors (Lipinski definition) is 1. The van der Waals surface area contributed by atoms with Crippen molar-refractivity contribution in [1.82, 2.24) is 0 Å². The third-order valence-electron chi connectivity index (χ3n) is 4.19. The van der Waals surface area contributed by atoms with Gasteiger partial charge < -0.3 is 14.8 Å². The first kappa shape index (κ1) is 20.8. The van der Waals surface area contributed by atoms with E-state index in [4.69, 9.17) is 9.47 Å². The van der Waals surface area contributed by atoms with E-state index in [0.29, 0.717) is 22.6 Å². The van der Waals surface area contributed by atoms with Crippen LogP contribution >= 0.6 is 0 Å². The molecule has 30 heavy (non-hydrogen) atoms. The lowest BCUT2D eigenvalue weighted by Gasteiger charge is -2.17. The van der Waals surface area contributed by atoms with Crippen molar-refractivity contribution in [3.8, 4) is 5.75 Å². The highest BCUT2D eigenvalue weighted by molar-refractivity contribution is 5.97. The molecule has 1 atom stereocenters. The maximum absolute atomic E-state index is 13.0. The molecule has 0 bridgehead atoms. The Morgan fingerprint density at radius 1 is 0.967 bits per heavy atom. The third kappa shape index (κ3) is 5.78. The van der Waals surface area contributed by atoms with E-state index in [1.54, 1.807) is 54.6 Å². The van der Waals surface area contributed by atoms with Gasteiger partial charge in [-0.1, -0.05) is 48.5 Å². The van der Waals surface area contributed by atoms with Crippen molar-refractivity contribution in [2.75, 3.05) is 12.4 Å². The van der Waals surface area contributed by atoms with Gasteiger partial charge in [-0.2, -0.15) is 0 Å². The maximum Gasteiger partial charge on any atom is 0.331 e. The molecular weight excluding hydrogens is 385 g/mol. The standard InChI is InChI=1S/C24H20FNO4/c1-29-21-9-5-8-20(16-21)26-24(28)23(18-6-3-2-4-7-18)30-22(27)15-12-17-10-13-19(25)14-11-17/h2-16,23H,1H3,(H,26,28)/b15-12+/t23-/m0/s1. The number of rotatable bonds is 7. The lowest BCUT2D eigenvalue weighted by molar-refractivity contribution is -0.149. The van der Waals surface area contributed by atoms with Gasteiger partial charge in [0.1, 0.15) is 11.6 Å². The summed E-state index contributed by atoms with van der Waals surface area (Å²) in [5.74, 6) is -0.983. The van der Waals surface area contributed by atoms with Gasteiger partial charge in [0, 0.05) is 23.4 Å². The molecule has 3 rings (SSSR count). The van der Waals surface area contributed by atoms with Crippen molar-refractivity contribution in [1.29, 1.82) is 0 Å². The zero-order chi connectivity index (χ0) is 21.3. The van der Waals surface area contributed by atoms with E-state index < -0.39 is 18.0 Å². The second-order valence-corrected chi connectivity index (χ2v) is 6.33. The molecule has 1 N–H and O–H groups in total. The van der Waals surface area contributed by atoms with E-state index in [1.807, 2.05) is 0 Å². The molecule has 0 fully saturated rings. The van der Waals surface area contributed by atoms with E-state index >= 15 is 0 Å². The van der Waals surface area contributed by atoms with Gasteiger partial charge >= 0.3 is 5.97 Å². The number of benzene rings is 3. The van der Waals surface area contributed by atoms with Crippen LogP contribution in [0.2, 0.25) is 0 Å². The molecule has 0 unspecified atom stereocenters. The Kier molecular flexibility index (Phi) is 6.95. The molecule has 0 saturated heterocycles. The summed E-state index contributed by atoms with van der Waals surface area (Å²) >= 11 is 0.